The van der Waals surface area contributed by atoms with Gasteiger partial charge in [0.2, 0.25) is 0 Å². The molecule has 0 saturated carbocycles. The van der Waals surface area contributed by atoms with Crippen LogP contribution in [-0.4, -0.2) is 28.9 Å². The minimum Gasteiger partial charge on any atom is -0.393 e. The first-order chi connectivity index (χ1) is 8.32. The van der Waals surface area contributed by atoms with E-state index in [-0.39, 0.29) is 11.9 Å². The highest BCUT2D eigenvalue weighted by Crippen LogP contribution is 2.20. The number of nitrogens with zero attached hydrogens (tertiary/aromatic N) is 1. The van der Waals surface area contributed by atoms with E-state index in [1.807, 2.05) is 25.1 Å². The summed E-state index contributed by atoms with van der Waals surface area (Å²) < 4.78 is 1.82. The minimum absolute atomic E-state index is 0.00946. The summed E-state index contributed by atoms with van der Waals surface area (Å²) in [4.78, 5) is 14.4. The molecular weight excluding hydrogens is 427 g/mol. The van der Waals surface area contributed by atoms with Crippen molar-refractivity contribution < 1.29 is 4.79 Å². The Labute approximate surface area is 134 Å². The van der Waals surface area contributed by atoms with Crippen LogP contribution in [0.5, 0.6) is 0 Å². The van der Waals surface area contributed by atoms with Gasteiger partial charge in [-0.1, -0.05) is 28.1 Å². The first-order valence-electron chi connectivity index (χ1n) is 5.33. The lowest BCUT2D eigenvalue weighted by Crippen LogP contribution is -2.37. The molecule has 1 amide bonds. The molecule has 1 atom stereocenters. The quantitative estimate of drug-likeness (QED) is 0.577. The molecule has 1 aromatic carbocycles. The highest BCUT2D eigenvalue weighted by Gasteiger charge is 2.20. The predicted octanol–water partition coefficient (Wildman–Crippen LogP) is 3.19. The molecule has 0 aliphatic heterocycles. The van der Waals surface area contributed by atoms with Gasteiger partial charge >= 0.3 is 0 Å². The third-order valence-corrected chi connectivity index (χ3v) is 4.24. The summed E-state index contributed by atoms with van der Waals surface area (Å²) in [5, 5.41) is 0. The van der Waals surface area contributed by atoms with Crippen LogP contribution in [0.4, 0.5) is 0 Å². The van der Waals surface area contributed by atoms with E-state index in [4.69, 9.17) is 18.0 Å². The maximum atomic E-state index is 12.4. The Morgan fingerprint density at radius 1 is 1.61 bits per heavy atom. The molecule has 0 aliphatic carbocycles. The number of nitrogens with two attached hydrogens (primary N) is 1. The Hall–Kier alpha value is -0.210. The van der Waals surface area contributed by atoms with Crippen LogP contribution in [-0.2, 0) is 0 Å². The van der Waals surface area contributed by atoms with Gasteiger partial charge in [0.25, 0.3) is 5.91 Å². The molecule has 1 unspecified atom stereocenters. The van der Waals surface area contributed by atoms with Crippen molar-refractivity contribution in [1.29, 1.82) is 0 Å². The molecule has 0 radical (unpaired) electrons. The first-order valence-corrected chi connectivity index (χ1v) is 7.61. The Bertz CT molecular complexity index is 481. The molecule has 18 heavy (non-hydrogen) atoms. The second-order valence-electron chi connectivity index (χ2n) is 4.06. The molecule has 0 heterocycles. The van der Waals surface area contributed by atoms with Crippen molar-refractivity contribution in [3.05, 3.63) is 31.8 Å². The summed E-state index contributed by atoms with van der Waals surface area (Å²) in [7, 11) is 1.77. The number of carbonyl (C=O) groups excluding carboxylic acids is 1. The van der Waals surface area contributed by atoms with Gasteiger partial charge in [0.1, 0.15) is 0 Å². The van der Waals surface area contributed by atoms with E-state index in [2.05, 4.69) is 38.5 Å². The number of hydrogen-bond acceptors (Lipinski definition) is 2. The third-order valence-electron chi connectivity index (χ3n) is 2.64. The number of thiocarbonyl (C=S) groups is 1. The van der Waals surface area contributed by atoms with E-state index in [0.29, 0.717) is 17.0 Å². The highest BCUT2D eigenvalue weighted by molar-refractivity contribution is 14.1. The Morgan fingerprint density at radius 3 is 2.78 bits per heavy atom. The van der Waals surface area contributed by atoms with Gasteiger partial charge in [0.15, 0.2) is 0 Å². The van der Waals surface area contributed by atoms with Crippen LogP contribution in [0.3, 0.4) is 0 Å². The number of hydrogen-bond donors (Lipinski definition) is 1. The number of amides is 1. The average Bonchev–Trinajstić information content (AvgIpc) is 2.29. The van der Waals surface area contributed by atoms with Gasteiger partial charge in [0, 0.05) is 27.6 Å². The maximum absolute atomic E-state index is 12.4. The average molecular weight is 441 g/mol. The van der Waals surface area contributed by atoms with Crippen LogP contribution in [0.2, 0.25) is 0 Å². The van der Waals surface area contributed by atoms with Gasteiger partial charge in [-0.2, -0.15) is 0 Å². The molecule has 3 nitrogen and oxygen atoms in total. The van der Waals surface area contributed by atoms with Gasteiger partial charge in [-0.05, 0) is 47.7 Å². The van der Waals surface area contributed by atoms with Gasteiger partial charge in [-0.3, -0.25) is 4.79 Å². The molecule has 0 aromatic heterocycles. The molecule has 1 rings (SSSR count). The van der Waals surface area contributed by atoms with E-state index in [0.717, 1.165) is 8.04 Å². The SMILES string of the molecule is CC(CC(N)=S)N(C)C(=O)c1cc(Br)ccc1I. The lowest BCUT2D eigenvalue weighted by molar-refractivity contribution is 0.0747. The standard InChI is InChI=1S/C12H14BrIN2OS/c1-7(5-11(15)18)16(2)12(17)9-6-8(13)3-4-10(9)14/h3-4,6-7H,5H2,1-2H3,(H2,15,18). The van der Waals surface area contributed by atoms with Crippen molar-refractivity contribution in [2.75, 3.05) is 7.05 Å². The second kappa shape index (κ2) is 6.81. The molecular formula is C12H14BrIN2OS. The summed E-state index contributed by atoms with van der Waals surface area (Å²) in [5.74, 6) is -0.0237. The topological polar surface area (TPSA) is 46.3 Å². The van der Waals surface area contributed by atoms with E-state index >= 15 is 0 Å². The van der Waals surface area contributed by atoms with E-state index in [9.17, 15) is 4.79 Å². The van der Waals surface area contributed by atoms with Crippen molar-refractivity contribution >= 4 is 61.6 Å². The maximum Gasteiger partial charge on any atom is 0.254 e. The molecule has 0 saturated heterocycles. The van der Waals surface area contributed by atoms with Gasteiger partial charge < -0.3 is 10.6 Å². The smallest absolute Gasteiger partial charge is 0.254 e. The fraction of sp³-hybridized carbons (Fsp3) is 0.333. The normalized spacial score (nSPS) is 12.0. The summed E-state index contributed by atoms with van der Waals surface area (Å²) in [5.41, 5.74) is 6.19. The van der Waals surface area contributed by atoms with Crippen LogP contribution in [0.25, 0.3) is 0 Å². The monoisotopic (exact) mass is 440 g/mol. The van der Waals surface area contributed by atoms with Crippen molar-refractivity contribution in [1.82, 2.24) is 4.90 Å². The van der Waals surface area contributed by atoms with Crippen molar-refractivity contribution in [3.8, 4) is 0 Å². The number of carbonyl (C=O) groups is 1. The summed E-state index contributed by atoms with van der Waals surface area (Å²) in [6.45, 7) is 1.93. The Morgan fingerprint density at radius 2 is 2.22 bits per heavy atom. The van der Waals surface area contributed by atoms with Crippen molar-refractivity contribution in [3.63, 3.8) is 0 Å². The fourth-order valence-electron chi connectivity index (χ4n) is 1.48. The summed E-state index contributed by atoms with van der Waals surface area (Å²) >= 11 is 10.4. The molecule has 0 fully saturated rings. The van der Waals surface area contributed by atoms with E-state index < -0.39 is 0 Å². The fourth-order valence-corrected chi connectivity index (χ4v) is 2.65. The van der Waals surface area contributed by atoms with Crippen molar-refractivity contribution in [2.24, 2.45) is 5.73 Å². The first kappa shape index (κ1) is 15.8. The van der Waals surface area contributed by atoms with Crippen LogP contribution in [0, 0.1) is 3.57 Å². The Kier molecular flexibility index (Phi) is 6.00. The number of halogens is 2. The van der Waals surface area contributed by atoms with Gasteiger partial charge in [0.05, 0.1) is 10.6 Å². The molecule has 2 N–H and O–H groups in total. The zero-order chi connectivity index (χ0) is 13.9. The minimum atomic E-state index is -0.0237. The van der Waals surface area contributed by atoms with E-state index in [1.54, 1.807) is 11.9 Å². The number of benzene rings is 1. The van der Waals surface area contributed by atoms with Gasteiger partial charge in [-0.25, -0.2) is 0 Å². The molecule has 6 heteroatoms. The van der Waals surface area contributed by atoms with Crippen LogP contribution in [0.15, 0.2) is 22.7 Å². The zero-order valence-electron chi connectivity index (χ0n) is 10.1. The zero-order valence-corrected chi connectivity index (χ0v) is 14.7. The third kappa shape index (κ3) is 4.17. The second-order valence-corrected chi connectivity index (χ2v) is 6.66. The largest absolute Gasteiger partial charge is 0.393 e. The molecule has 98 valence electrons. The van der Waals surface area contributed by atoms with Crippen LogP contribution < -0.4 is 5.73 Å². The summed E-state index contributed by atoms with van der Waals surface area (Å²) in [6, 6.07) is 5.64. The Balaban J connectivity index is 2.92. The molecule has 0 bridgehead atoms. The van der Waals surface area contributed by atoms with Crippen molar-refractivity contribution in [2.45, 2.75) is 19.4 Å². The van der Waals surface area contributed by atoms with E-state index in [1.165, 1.54) is 0 Å². The van der Waals surface area contributed by atoms with Crippen LogP contribution >= 0.6 is 50.7 Å². The summed E-state index contributed by atoms with van der Waals surface area (Å²) in [6.07, 6.45) is 0.530. The lowest BCUT2D eigenvalue weighted by atomic mass is 10.1. The van der Waals surface area contributed by atoms with Crippen LogP contribution in [0.1, 0.15) is 23.7 Å². The molecule has 0 spiro atoms. The number of rotatable bonds is 4. The molecule has 1 aromatic rings. The highest BCUT2D eigenvalue weighted by atomic mass is 127. The lowest BCUT2D eigenvalue weighted by Gasteiger charge is -2.25. The molecule has 0 aliphatic rings. The predicted molar refractivity (Wildman–Crippen MR) is 89.8 cm³/mol. The van der Waals surface area contributed by atoms with Gasteiger partial charge in [-0.15, -0.1) is 0 Å².